The van der Waals surface area contributed by atoms with Crippen LogP contribution in [0.3, 0.4) is 0 Å². The minimum absolute atomic E-state index is 0.0320. The number of benzene rings is 1. The van der Waals surface area contributed by atoms with Crippen molar-refractivity contribution in [1.82, 2.24) is 0 Å². The number of hydrogen-bond donors (Lipinski definition) is 1. The summed E-state index contributed by atoms with van der Waals surface area (Å²) >= 11 is 0. The summed E-state index contributed by atoms with van der Waals surface area (Å²) in [6.07, 6.45) is 4.50. The van der Waals surface area contributed by atoms with Crippen molar-refractivity contribution >= 4 is 11.6 Å². The Labute approximate surface area is 114 Å². The lowest BCUT2D eigenvalue weighted by atomic mass is 9.90. The SMILES string of the molecule is CC(C)C(C#N)C(=O)Nc1cccc2c1CCCC2. The molecule has 0 heterocycles. The highest BCUT2D eigenvalue weighted by molar-refractivity contribution is 5.95. The van der Waals surface area contributed by atoms with Gasteiger partial charge in [-0.2, -0.15) is 5.26 Å². The van der Waals surface area contributed by atoms with Gasteiger partial charge in [0.2, 0.25) is 5.91 Å². The van der Waals surface area contributed by atoms with Crippen molar-refractivity contribution in [3.05, 3.63) is 29.3 Å². The van der Waals surface area contributed by atoms with Gasteiger partial charge in [0.25, 0.3) is 0 Å². The van der Waals surface area contributed by atoms with Gasteiger partial charge in [-0.3, -0.25) is 4.79 Å². The van der Waals surface area contributed by atoms with E-state index in [-0.39, 0.29) is 11.8 Å². The predicted octanol–water partition coefficient (Wildman–Crippen LogP) is 3.30. The lowest BCUT2D eigenvalue weighted by Gasteiger charge is -2.21. The fourth-order valence-electron chi connectivity index (χ4n) is 2.62. The van der Waals surface area contributed by atoms with E-state index in [4.69, 9.17) is 5.26 Å². The quantitative estimate of drug-likeness (QED) is 0.902. The molecule has 1 aliphatic rings. The maximum Gasteiger partial charge on any atom is 0.241 e. The van der Waals surface area contributed by atoms with E-state index >= 15 is 0 Å². The van der Waals surface area contributed by atoms with E-state index in [0.717, 1.165) is 18.5 Å². The molecule has 2 rings (SSSR count). The smallest absolute Gasteiger partial charge is 0.241 e. The van der Waals surface area contributed by atoms with Crippen molar-refractivity contribution in [2.75, 3.05) is 5.32 Å². The number of fused-ring (bicyclic) bond motifs is 1. The normalized spacial score (nSPS) is 15.5. The molecule has 1 aromatic carbocycles. The van der Waals surface area contributed by atoms with Crippen molar-refractivity contribution in [3.63, 3.8) is 0 Å². The summed E-state index contributed by atoms with van der Waals surface area (Å²) < 4.78 is 0. The van der Waals surface area contributed by atoms with Gasteiger partial charge in [-0.05, 0) is 48.8 Å². The first-order valence-electron chi connectivity index (χ1n) is 6.94. The van der Waals surface area contributed by atoms with Crippen LogP contribution in [-0.2, 0) is 17.6 Å². The molecule has 0 aromatic heterocycles. The topological polar surface area (TPSA) is 52.9 Å². The molecule has 1 N–H and O–H groups in total. The number of rotatable bonds is 3. The minimum Gasteiger partial charge on any atom is -0.325 e. The van der Waals surface area contributed by atoms with Gasteiger partial charge in [-0.1, -0.05) is 26.0 Å². The summed E-state index contributed by atoms with van der Waals surface area (Å²) in [5.74, 6) is -0.736. The lowest BCUT2D eigenvalue weighted by Crippen LogP contribution is -2.26. The molecule has 19 heavy (non-hydrogen) atoms. The molecule has 100 valence electrons. The molecule has 0 fully saturated rings. The van der Waals surface area contributed by atoms with Gasteiger partial charge in [-0.15, -0.1) is 0 Å². The van der Waals surface area contributed by atoms with E-state index in [1.807, 2.05) is 26.0 Å². The molecule has 3 heteroatoms. The summed E-state index contributed by atoms with van der Waals surface area (Å²) in [7, 11) is 0. The maximum absolute atomic E-state index is 12.1. The summed E-state index contributed by atoms with van der Waals surface area (Å²) in [6, 6.07) is 8.15. The molecule has 1 atom stereocenters. The predicted molar refractivity (Wildman–Crippen MR) is 75.7 cm³/mol. The summed E-state index contributed by atoms with van der Waals surface area (Å²) in [4.78, 5) is 12.1. The van der Waals surface area contributed by atoms with Gasteiger partial charge in [0.05, 0.1) is 6.07 Å². The highest BCUT2D eigenvalue weighted by atomic mass is 16.1. The van der Waals surface area contributed by atoms with Crippen molar-refractivity contribution in [2.45, 2.75) is 39.5 Å². The first-order chi connectivity index (χ1) is 9.13. The summed E-state index contributed by atoms with van der Waals surface area (Å²) in [6.45, 7) is 3.79. The molecule has 1 amide bonds. The largest absolute Gasteiger partial charge is 0.325 e. The van der Waals surface area contributed by atoms with Crippen LogP contribution in [0.2, 0.25) is 0 Å². The van der Waals surface area contributed by atoms with Gasteiger partial charge in [-0.25, -0.2) is 0 Å². The number of amides is 1. The van der Waals surface area contributed by atoms with Crippen LogP contribution in [-0.4, -0.2) is 5.91 Å². The van der Waals surface area contributed by atoms with Crippen LogP contribution >= 0.6 is 0 Å². The third kappa shape index (κ3) is 2.96. The Hall–Kier alpha value is -1.82. The van der Waals surface area contributed by atoms with Crippen LogP contribution in [0.1, 0.15) is 37.8 Å². The maximum atomic E-state index is 12.1. The number of nitriles is 1. The Morgan fingerprint density at radius 2 is 2.05 bits per heavy atom. The highest BCUT2D eigenvalue weighted by Crippen LogP contribution is 2.28. The molecular weight excluding hydrogens is 236 g/mol. The fraction of sp³-hybridized carbons (Fsp3) is 0.500. The molecule has 3 nitrogen and oxygen atoms in total. The van der Waals surface area contributed by atoms with E-state index in [9.17, 15) is 4.79 Å². The number of nitrogens with zero attached hydrogens (tertiary/aromatic N) is 1. The van der Waals surface area contributed by atoms with Crippen LogP contribution < -0.4 is 5.32 Å². The highest BCUT2D eigenvalue weighted by Gasteiger charge is 2.23. The Balaban J connectivity index is 2.20. The van der Waals surface area contributed by atoms with Crippen molar-refractivity contribution in [3.8, 4) is 6.07 Å². The Kier molecular flexibility index (Phi) is 4.21. The number of hydrogen-bond acceptors (Lipinski definition) is 2. The molecule has 0 radical (unpaired) electrons. The zero-order valence-electron chi connectivity index (χ0n) is 11.6. The van der Waals surface area contributed by atoms with Gasteiger partial charge in [0, 0.05) is 5.69 Å². The van der Waals surface area contributed by atoms with Crippen LogP contribution in [0, 0.1) is 23.2 Å². The second kappa shape index (κ2) is 5.88. The van der Waals surface area contributed by atoms with Gasteiger partial charge in [0.1, 0.15) is 5.92 Å². The number of nitrogens with one attached hydrogen (secondary N) is 1. The average Bonchev–Trinajstić information content (AvgIpc) is 2.39. The fourth-order valence-corrected chi connectivity index (χ4v) is 2.62. The summed E-state index contributed by atoms with van der Waals surface area (Å²) in [5, 5.41) is 12.0. The van der Waals surface area contributed by atoms with Gasteiger partial charge < -0.3 is 5.32 Å². The van der Waals surface area contributed by atoms with Crippen LogP contribution in [0.25, 0.3) is 0 Å². The Morgan fingerprint density at radius 1 is 1.32 bits per heavy atom. The van der Waals surface area contributed by atoms with Crippen molar-refractivity contribution < 1.29 is 4.79 Å². The number of anilines is 1. The average molecular weight is 256 g/mol. The second-order valence-electron chi connectivity index (χ2n) is 5.49. The van der Waals surface area contributed by atoms with Gasteiger partial charge >= 0.3 is 0 Å². The monoisotopic (exact) mass is 256 g/mol. The number of carbonyl (C=O) groups excluding carboxylic acids is 1. The summed E-state index contributed by atoms with van der Waals surface area (Å²) in [5.41, 5.74) is 3.48. The standard InChI is InChI=1S/C16H20N2O/c1-11(2)14(10-17)16(19)18-15-9-5-7-12-6-3-4-8-13(12)15/h5,7,9,11,14H,3-4,6,8H2,1-2H3,(H,18,19). The number of aryl methyl sites for hydroxylation is 1. The molecule has 0 saturated carbocycles. The van der Waals surface area contributed by atoms with E-state index in [1.54, 1.807) is 0 Å². The lowest BCUT2D eigenvalue weighted by molar-refractivity contribution is -0.119. The van der Waals surface area contributed by atoms with Gasteiger partial charge in [0.15, 0.2) is 0 Å². The first kappa shape index (κ1) is 13.6. The zero-order valence-corrected chi connectivity index (χ0v) is 11.6. The van der Waals surface area contributed by atoms with E-state index in [2.05, 4.69) is 17.5 Å². The molecule has 0 spiro atoms. The Morgan fingerprint density at radius 3 is 2.74 bits per heavy atom. The molecule has 1 unspecified atom stereocenters. The van der Waals surface area contributed by atoms with E-state index < -0.39 is 5.92 Å². The molecule has 0 aliphatic heterocycles. The van der Waals surface area contributed by atoms with E-state index in [0.29, 0.717) is 0 Å². The van der Waals surface area contributed by atoms with E-state index in [1.165, 1.54) is 24.0 Å². The first-order valence-corrected chi connectivity index (χ1v) is 6.94. The van der Waals surface area contributed by atoms with Crippen molar-refractivity contribution in [1.29, 1.82) is 5.26 Å². The molecule has 0 saturated heterocycles. The van der Waals surface area contributed by atoms with Crippen LogP contribution in [0.5, 0.6) is 0 Å². The minimum atomic E-state index is -0.584. The van der Waals surface area contributed by atoms with Crippen molar-refractivity contribution in [2.24, 2.45) is 11.8 Å². The zero-order chi connectivity index (χ0) is 13.8. The molecule has 1 aliphatic carbocycles. The molecular formula is C16H20N2O. The van der Waals surface area contributed by atoms with Crippen LogP contribution in [0.15, 0.2) is 18.2 Å². The molecule has 1 aromatic rings. The third-order valence-electron chi connectivity index (χ3n) is 3.74. The number of carbonyl (C=O) groups is 1. The Bertz CT molecular complexity index is 514. The second-order valence-corrected chi connectivity index (χ2v) is 5.49. The van der Waals surface area contributed by atoms with Crippen LogP contribution in [0.4, 0.5) is 5.69 Å². The third-order valence-corrected chi connectivity index (χ3v) is 3.74. The molecule has 0 bridgehead atoms.